The van der Waals surface area contributed by atoms with Gasteiger partial charge in [-0.05, 0) is 37.5 Å². The van der Waals surface area contributed by atoms with Crippen LogP contribution >= 0.6 is 24.0 Å². The molecule has 0 aliphatic rings. The quantitative estimate of drug-likeness (QED) is 0.220. The summed E-state index contributed by atoms with van der Waals surface area (Å²) in [6.45, 7) is 8.00. The molecule has 0 radical (unpaired) electrons. The van der Waals surface area contributed by atoms with Crippen LogP contribution in [0.2, 0.25) is 0 Å². The van der Waals surface area contributed by atoms with Crippen LogP contribution in [0.4, 0.5) is 0 Å². The first kappa shape index (κ1) is 25.1. The average molecular weight is 535 g/mol. The van der Waals surface area contributed by atoms with Gasteiger partial charge in [-0.1, -0.05) is 50.2 Å². The highest BCUT2D eigenvalue weighted by Crippen LogP contribution is 2.21. The zero-order valence-corrected chi connectivity index (χ0v) is 21.1. The van der Waals surface area contributed by atoms with E-state index in [1.165, 1.54) is 5.56 Å². The van der Waals surface area contributed by atoms with E-state index < -0.39 is 0 Å². The zero-order valence-electron chi connectivity index (χ0n) is 18.8. The third-order valence-electron chi connectivity index (χ3n) is 5.79. The van der Waals surface area contributed by atoms with E-state index in [9.17, 15) is 0 Å². The van der Waals surface area contributed by atoms with Gasteiger partial charge in [0.05, 0.1) is 6.54 Å². The molecule has 0 amide bonds. The van der Waals surface area contributed by atoms with Crippen molar-refractivity contribution >= 4 is 35.6 Å². The molecule has 0 aliphatic carbocycles. The van der Waals surface area contributed by atoms with Crippen LogP contribution in [0.3, 0.4) is 0 Å². The molecule has 0 spiro atoms. The van der Waals surface area contributed by atoms with Crippen molar-refractivity contribution in [1.29, 1.82) is 0 Å². The molecule has 0 fully saturated rings. The lowest BCUT2D eigenvalue weighted by Gasteiger charge is -2.37. The van der Waals surface area contributed by atoms with E-state index in [2.05, 4.69) is 82.2 Å². The molecule has 2 aromatic heterocycles. The van der Waals surface area contributed by atoms with Gasteiger partial charge in [0.25, 0.3) is 0 Å². The summed E-state index contributed by atoms with van der Waals surface area (Å²) < 4.78 is 1.98. The number of halogens is 1. The molecule has 0 aliphatic heterocycles. The number of guanidine groups is 1. The highest BCUT2D eigenvalue weighted by Gasteiger charge is 2.28. The molecule has 3 rings (SSSR count). The van der Waals surface area contributed by atoms with Crippen LogP contribution in [-0.2, 0) is 6.54 Å². The second kappa shape index (κ2) is 12.0. The third-order valence-corrected chi connectivity index (χ3v) is 5.79. The molecule has 1 aromatic carbocycles. The number of hydrogen-bond acceptors (Lipinski definition) is 4. The Balaban J connectivity index is 0.00000341. The van der Waals surface area contributed by atoms with E-state index in [1.54, 1.807) is 7.05 Å². The fourth-order valence-corrected chi connectivity index (χ4v) is 3.69. The van der Waals surface area contributed by atoms with Crippen molar-refractivity contribution in [3.8, 4) is 0 Å². The molecule has 31 heavy (non-hydrogen) atoms. The molecule has 168 valence electrons. The molecule has 3 aromatic rings. The van der Waals surface area contributed by atoms with Crippen molar-refractivity contribution in [2.24, 2.45) is 4.99 Å². The Kier molecular flexibility index (Phi) is 9.70. The Morgan fingerprint density at radius 3 is 2.42 bits per heavy atom. The normalized spacial score (nSPS) is 13.0. The Bertz CT molecular complexity index is 951. The maximum Gasteiger partial charge on any atom is 0.191 e. The number of nitrogens with one attached hydrogen (secondary N) is 3. The summed E-state index contributed by atoms with van der Waals surface area (Å²) in [6.07, 6.45) is 4.00. The van der Waals surface area contributed by atoms with Crippen LogP contribution in [0, 0.1) is 0 Å². The van der Waals surface area contributed by atoms with Crippen LogP contribution in [0.25, 0.3) is 5.65 Å². The minimum absolute atomic E-state index is 0. The molecule has 1 unspecified atom stereocenters. The number of nitrogens with zero attached hydrogens (tertiary/aromatic N) is 4. The molecule has 2 heterocycles. The molecule has 3 N–H and O–H groups in total. The molecule has 1 atom stereocenters. The summed E-state index contributed by atoms with van der Waals surface area (Å²) in [7, 11) is 1.79. The van der Waals surface area contributed by atoms with Crippen LogP contribution in [-0.4, -0.2) is 39.7 Å². The van der Waals surface area contributed by atoms with E-state index in [-0.39, 0.29) is 35.6 Å². The summed E-state index contributed by atoms with van der Waals surface area (Å²) in [5.74, 6) is 1.60. The largest absolute Gasteiger partial charge is 0.355 e. The zero-order chi connectivity index (χ0) is 21.4. The highest BCUT2D eigenvalue weighted by molar-refractivity contribution is 14.0. The predicted molar refractivity (Wildman–Crippen MR) is 138 cm³/mol. The van der Waals surface area contributed by atoms with Gasteiger partial charge in [0.15, 0.2) is 17.4 Å². The van der Waals surface area contributed by atoms with E-state index in [0.717, 1.165) is 36.8 Å². The first-order valence-corrected chi connectivity index (χ1v) is 10.7. The van der Waals surface area contributed by atoms with E-state index in [4.69, 9.17) is 0 Å². The van der Waals surface area contributed by atoms with Gasteiger partial charge in [-0.2, -0.15) is 0 Å². The Morgan fingerprint density at radius 2 is 1.74 bits per heavy atom. The molecule has 8 heteroatoms. The molecule has 0 saturated heterocycles. The Hall–Kier alpha value is -2.20. The summed E-state index contributed by atoms with van der Waals surface area (Å²) in [4.78, 5) is 4.39. The van der Waals surface area contributed by atoms with Gasteiger partial charge in [-0.15, -0.1) is 34.2 Å². The van der Waals surface area contributed by atoms with Crippen molar-refractivity contribution in [2.45, 2.75) is 51.7 Å². The SMILES string of the molecule is CCC(CC)(CNC(=NC)NCc1nnc2ccccn12)NC(C)c1ccccc1.I. The Morgan fingerprint density at radius 1 is 1.03 bits per heavy atom. The second-order valence-electron chi connectivity index (χ2n) is 7.59. The van der Waals surface area contributed by atoms with Gasteiger partial charge >= 0.3 is 0 Å². The van der Waals surface area contributed by atoms with Gasteiger partial charge in [0.1, 0.15) is 0 Å². The number of benzene rings is 1. The minimum atomic E-state index is -0.0333. The number of rotatable bonds is 9. The van der Waals surface area contributed by atoms with E-state index in [0.29, 0.717) is 6.54 Å². The Labute approximate surface area is 202 Å². The lowest BCUT2D eigenvalue weighted by molar-refractivity contribution is 0.271. The minimum Gasteiger partial charge on any atom is -0.355 e. The van der Waals surface area contributed by atoms with E-state index in [1.807, 2.05) is 28.8 Å². The standard InChI is InChI=1S/C23H33N7.HI/c1-5-23(6-2,27-18(3)19-12-8-7-9-13-19)17-26-22(24-4)25-16-21-29-28-20-14-10-11-15-30(20)21;/h7-15,18,27H,5-6,16-17H2,1-4H3,(H2,24,25,26);1H. The average Bonchev–Trinajstić information content (AvgIpc) is 3.22. The van der Waals surface area contributed by atoms with Crippen molar-refractivity contribution in [3.63, 3.8) is 0 Å². The number of pyridine rings is 1. The maximum absolute atomic E-state index is 4.39. The van der Waals surface area contributed by atoms with Crippen molar-refractivity contribution in [3.05, 3.63) is 66.1 Å². The van der Waals surface area contributed by atoms with Crippen molar-refractivity contribution in [1.82, 2.24) is 30.5 Å². The topological polar surface area (TPSA) is 78.6 Å². The fourth-order valence-electron chi connectivity index (χ4n) is 3.69. The van der Waals surface area contributed by atoms with Gasteiger partial charge in [0, 0.05) is 31.4 Å². The molecular formula is C23H34IN7. The van der Waals surface area contributed by atoms with Gasteiger partial charge < -0.3 is 16.0 Å². The summed E-state index contributed by atoms with van der Waals surface area (Å²) >= 11 is 0. The summed E-state index contributed by atoms with van der Waals surface area (Å²) in [6, 6.07) is 16.7. The predicted octanol–water partition coefficient (Wildman–Crippen LogP) is 3.92. The van der Waals surface area contributed by atoms with Crippen LogP contribution < -0.4 is 16.0 Å². The molecular weight excluding hydrogens is 501 g/mol. The lowest BCUT2D eigenvalue weighted by atomic mass is 9.90. The van der Waals surface area contributed by atoms with Crippen molar-refractivity contribution < 1.29 is 0 Å². The second-order valence-corrected chi connectivity index (χ2v) is 7.59. The molecule has 7 nitrogen and oxygen atoms in total. The monoisotopic (exact) mass is 535 g/mol. The number of aromatic nitrogens is 3. The number of aliphatic imine (C=N–C) groups is 1. The first-order valence-electron chi connectivity index (χ1n) is 10.7. The van der Waals surface area contributed by atoms with Crippen LogP contribution in [0.5, 0.6) is 0 Å². The maximum atomic E-state index is 4.39. The molecule has 0 saturated carbocycles. The highest BCUT2D eigenvalue weighted by atomic mass is 127. The van der Waals surface area contributed by atoms with Gasteiger partial charge in [-0.25, -0.2) is 0 Å². The van der Waals surface area contributed by atoms with Crippen LogP contribution in [0.1, 0.15) is 51.0 Å². The smallest absolute Gasteiger partial charge is 0.191 e. The number of hydrogen-bond donors (Lipinski definition) is 3. The van der Waals surface area contributed by atoms with Crippen molar-refractivity contribution in [2.75, 3.05) is 13.6 Å². The third kappa shape index (κ3) is 6.39. The lowest BCUT2D eigenvalue weighted by Crippen LogP contribution is -2.55. The molecule has 0 bridgehead atoms. The number of fused-ring (bicyclic) bond motifs is 1. The van der Waals surface area contributed by atoms with E-state index >= 15 is 0 Å². The van der Waals surface area contributed by atoms with Gasteiger partial charge in [-0.3, -0.25) is 9.39 Å². The fraction of sp³-hybridized carbons (Fsp3) is 0.435. The van der Waals surface area contributed by atoms with Crippen LogP contribution in [0.15, 0.2) is 59.7 Å². The van der Waals surface area contributed by atoms with Gasteiger partial charge in [0.2, 0.25) is 0 Å². The summed E-state index contributed by atoms with van der Waals surface area (Å²) in [5, 5.41) is 19.2. The summed E-state index contributed by atoms with van der Waals surface area (Å²) in [5.41, 5.74) is 2.10. The first-order chi connectivity index (χ1) is 14.6.